The monoisotopic (exact) mass is 607 g/mol. The smallest absolute Gasteiger partial charge is 0.320 e. The summed E-state index contributed by atoms with van der Waals surface area (Å²) < 4.78 is 5.48. The highest BCUT2D eigenvalue weighted by atomic mass is 16.5. The Bertz CT molecular complexity index is 1680. The van der Waals surface area contributed by atoms with Crippen LogP contribution in [0.2, 0.25) is 0 Å². The van der Waals surface area contributed by atoms with E-state index in [1.165, 1.54) is 24.0 Å². The average Bonchev–Trinajstić information content (AvgIpc) is 3.55. The predicted molar refractivity (Wildman–Crippen MR) is 172 cm³/mol. The molecule has 3 aromatic carbocycles. The van der Waals surface area contributed by atoms with Gasteiger partial charge in [0, 0.05) is 18.0 Å². The third kappa shape index (κ3) is 8.03. The summed E-state index contributed by atoms with van der Waals surface area (Å²) >= 11 is 0. The van der Waals surface area contributed by atoms with Crippen molar-refractivity contribution in [1.82, 2.24) is 20.8 Å². The van der Waals surface area contributed by atoms with Gasteiger partial charge < -0.3 is 25.6 Å². The molecule has 4 aromatic rings. The van der Waals surface area contributed by atoms with Gasteiger partial charge in [0.15, 0.2) is 5.82 Å². The summed E-state index contributed by atoms with van der Waals surface area (Å²) in [5.41, 5.74) is 5.66. The summed E-state index contributed by atoms with van der Waals surface area (Å²) in [6.45, 7) is 3.99. The number of carbonyl (C=O) groups is 3. The molecule has 0 radical (unpaired) electrons. The molecule has 1 aliphatic carbocycles. The Hall–Kier alpha value is -5.25. The van der Waals surface area contributed by atoms with Crippen LogP contribution in [0.15, 0.2) is 83.4 Å². The maximum Gasteiger partial charge on any atom is 0.320 e. The minimum atomic E-state index is -0.983. The largest absolute Gasteiger partial charge is 0.481 e. The maximum atomic E-state index is 13.5. The van der Waals surface area contributed by atoms with Gasteiger partial charge in [-0.1, -0.05) is 73.6 Å². The Morgan fingerprint density at radius 1 is 0.933 bits per heavy atom. The third-order valence-corrected chi connectivity index (χ3v) is 7.68. The molecular weight excluding hydrogens is 570 g/mol. The molecule has 1 aromatic heterocycles. The summed E-state index contributed by atoms with van der Waals surface area (Å²) in [5, 5.41) is 21.6. The number of carboxylic acids is 1. The van der Waals surface area contributed by atoms with Crippen LogP contribution in [0.3, 0.4) is 0 Å². The fraction of sp³-hybridized carbons (Fsp3) is 0.286. The molecule has 1 unspecified atom stereocenters. The lowest BCUT2D eigenvalue weighted by Gasteiger charge is -2.22. The maximum absolute atomic E-state index is 13.5. The fourth-order valence-corrected chi connectivity index (χ4v) is 5.21. The Morgan fingerprint density at radius 2 is 1.64 bits per heavy atom. The highest BCUT2D eigenvalue weighted by Crippen LogP contribution is 2.31. The van der Waals surface area contributed by atoms with Gasteiger partial charge in [0.1, 0.15) is 0 Å². The lowest BCUT2D eigenvalue weighted by molar-refractivity contribution is -0.136. The molecule has 3 amide bonds. The summed E-state index contributed by atoms with van der Waals surface area (Å²) in [6.07, 6.45) is 6.67. The van der Waals surface area contributed by atoms with Crippen molar-refractivity contribution in [3.05, 3.63) is 107 Å². The van der Waals surface area contributed by atoms with Crippen LogP contribution >= 0.6 is 0 Å². The lowest BCUT2D eigenvalue weighted by Crippen LogP contribution is -2.33. The standard InChI is InChI=1S/C35H37N5O5/c1-22(2)32-39-34(45-40-32)28-10-6-7-11-29(28)37-35(44)38-31(25-14-12-24(13-15-25)23-8-4-3-5-9-23)26-16-18-27(19-17-26)33(43)36-21-20-30(41)42/h6-8,10-19,22,31H,3-5,9,20-21H2,1-2H3,(H,36,43)(H,41,42)(H2,37,38,44). The topological polar surface area (TPSA) is 146 Å². The molecule has 4 N–H and O–H groups in total. The van der Waals surface area contributed by atoms with E-state index in [0.717, 1.165) is 24.0 Å². The number of para-hydroxylation sites is 1. The first-order valence-corrected chi connectivity index (χ1v) is 15.2. The second-order valence-electron chi connectivity index (χ2n) is 11.3. The molecule has 1 aliphatic rings. The SMILES string of the molecule is CC(C)c1noc(-c2ccccc2NC(=O)NC(c2ccc(C(=O)NCCC(=O)O)cc2)c2ccc(C3=CCCCC3)cc2)n1. The average molecular weight is 608 g/mol. The second-order valence-corrected chi connectivity index (χ2v) is 11.3. The van der Waals surface area contributed by atoms with Crippen LogP contribution in [0.4, 0.5) is 10.5 Å². The van der Waals surface area contributed by atoms with Crippen molar-refractivity contribution < 1.29 is 24.0 Å². The number of amides is 3. The van der Waals surface area contributed by atoms with Crippen molar-refractivity contribution in [3.63, 3.8) is 0 Å². The molecule has 1 atom stereocenters. The number of carbonyl (C=O) groups excluding carboxylic acids is 2. The van der Waals surface area contributed by atoms with Gasteiger partial charge in [-0.05, 0) is 72.2 Å². The van der Waals surface area contributed by atoms with E-state index in [0.29, 0.717) is 28.5 Å². The summed E-state index contributed by atoms with van der Waals surface area (Å²) in [5.74, 6) is -0.363. The van der Waals surface area contributed by atoms with Crippen LogP contribution in [-0.2, 0) is 4.79 Å². The Kier molecular flexibility index (Phi) is 10.0. The Balaban J connectivity index is 1.38. The molecule has 45 heavy (non-hydrogen) atoms. The fourth-order valence-electron chi connectivity index (χ4n) is 5.21. The summed E-state index contributed by atoms with van der Waals surface area (Å²) in [7, 11) is 0. The van der Waals surface area contributed by atoms with E-state index in [1.54, 1.807) is 30.3 Å². The highest BCUT2D eigenvalue weighted by molar-refractivity contribution is 5.95. The molecule has 0 aliphatic heterocycles. The summed E-state index contributed by atoms with van der Waals surface area (Å²) in [4.78, 5) is 41.3. The number of hydrogen-bond acceptors (Lipinski definition) is 6. The molecule has 5 rings (SSSR count). The van der Waals surface area contributed by atoms with E-state index in [1.807, 2.05) is 44.2 Å². The van der Waals surface area contributed by atoms with Crippen molar-refractivity contribution >= 4 is 29.2 Å². The number of carboxylic acid groups (broad SMARTS) is 1. The van der Waals surface area contributed by atoms with E-state index in [9.17, 15) is 14.4 Å². The molecule has 0 saturated carbocycles. The molecule has 0 spiro atoms. The number of rotatable bonds is 11. The molecule has 0 saturated heterocycles. The van der Waals surface area contributed by atoms with Crippen molar-refractivity contribution in [3.8, 4) is 11.5 Å². The van der Waals surface area contributed by atoms with Crippen LogP contribution in [0, 0.1) is 0 Å². The zero-order valence-corrected chi connectivity index (χ0v) is 25.4. The first-order chi connectivity index (χ1) is 21.8. The minimum Gasteiger partial charge on any atom is -0.481 e. The first-order valence-electron chi connectivity index (χ1n) is 15.2. The van der Waals surface area contributed by atoms with E-state index in [2.05, 4.69) is 44.3 Å². The molecule has 232 valence electrons. The number of benzene rings is 3. The summed E-state index contributed by atoms with van der Waals surface area (Å²) in [6, 6.07) is 21.4. The number of allylic oxidation sites excluding steroid dienone is 2. The van der Waals surface area contributed by atoms with Gasteiger partial charge in [-0.3, -0.25) is 9.59 Å². The van der Waals surface area contributed by atoms with Crippen molar-refractivity contribution in [1.29, 1.82) is 0 Å². The van der Waals surface area contributed by atoms with Gasteiger partial charge in [-0.25, -0.2) is 4.79 Å². The number of nitrogens with zero attached hydrogens (tertiary/aromatic N) is 2. The van der Waals surface area contributed by atoms with Crippen LogP contribution in [0.25, 0.3) is 17.0 Å². The first kappa shape index (κ1) is 31.2. The van der Waals surface area contributed by atoms with Gasteiger partial charge in [0.2, 0.25) is 0 Å². The third-order valence-electron chi connectivity index (χ3n) is 7.68. The zero-order valence-electron chi connectivity index (χ0n) is 25.4. The Morgan fingerprint density at radius 3 is 2.29 bits per heavy atom. The molecule has 1 heterocycles. The van der Waals surface area contributed by atoms with Crippen LogP contribution in [-0.4, -0.2) is 39.7 Å². The van der Waals surface area contributed by atoms with E-state index < -0.39 is 18.0 Å². The van der Waals surface area contributed by atoms with Crippen molar-refractivity contribution in [2.45, 2.75) is 57.9 Å². The number of nitrogens with one attached hydrogen (secondary N) is 3. The molecule has 0 bridgehead atoms. The van der Waals surface area contributed by atoms with E-state index in [4.69, 9.17) is 9.63 Å². The van der Waals surface area contributed by atoms with Crippen molar-refractivity contribution in [2.24, 2.45) is 0 Å². The van der Waals surface area contributed by atoms with Crippen molar-refractivity contribution in [2.75, 3.05) is 11.9 Å². The lowest BCUT2D eigenvalue weighted by atomic mass is 9.91. The van der Waals surface area contributed by atoms with E-state index in [-0.39, 0.29) is 24.8 Å². The predicted octanol–water partition coefficient (Wildman–Crippen LogP) is 6.93. The Labute approximate surface area is 261 Å². The van der Waals surface area contributed by atoms with Crippen LogP contribution < -0.4 is 16.0 Å². The minimum absolute atomic E-state index is 0.0346. The number of anilines is 1. The molecule has 0 fully saturated rings. The molecular formula is C35H37N5O5. The zero-order chi connectivity index (χ0) is 31.8. The highest BCUT2D eigenvalue weighted by Gasteiger charge is 2.21. The number of aliphatic carboxylic acids is 1. The normalized spacial score (nSPS) is 13.5. The molecule has 10 heteroatoms. The van der Waals surface area contributed by atoms with Gasteiger partial charge in [0.05, 0.1) is 23.7 Å². The van der Waals surface area contributed by atoms with Gasteiger partial charge in [0.25, 0.3) is 11.8 Å². The second kappa shape index (κ2) is 14.5. The molecule has 10 nitrogen and oxygen atoms in total. The van der Waals surface area contributed by atoms with Crippen LogP contribution in [0.1, 0.15) is 90.8 Å². The van der Waals surface area contributed by atoms with Gasteiger partial charge >= 0.3 is 12.0 Å². The quantitative estimate of drug-likeness (QED) is 0.145. The van der Waals surface area contributed by atoms with Gasteiger partial charge in [-0.2, -0.15) is 4.98 Å². The van der Waals surface area contributed by atoms with Gasteiger partial charge in [-0.15, -0.1) is 0 Å². The number of aromatic nitrogens is 2. The number of urea groups is 1. The van der Waals surface area contributed by atoms with Crippen LogP contribution in [0.5, 0.6) is 0 Å². The van der Waals surface area contributed by atoms with E-state index >= 15 is 0 Å². The number of hydrogen-bond donors (Lipinski definition) is 4.